The van der Waals surface area contributed by atoms with Gasteiger partial charge in [0.05, 0.1) is 23.4 Å². The molecule has 4 atom stereocenters. The summed E-state index contributed by atoms with van der Waals surface area (Å²) in [6.45, 7) is 10.5. The van der Waals surface area contributed by atoms with E-state index in [1.807, 2.05) is 13.0 Å². The Labute approximate surface area is 247 Å². The van der Waals surface area contributed by atoms with E-state index in [-0.39, 0.29) is 11.1 Å². The van der Waals surface area contributed by atoms with Gasteiger partial charge in [0.15, 0.2) is 0 Å². The van der Waals surface area contributed by atoms with Crippen LogP contribution in [0.4, 0.5) is 15.9 Å². The molecule has 0 amide bonds. The standard InChI is InChI=1S/C32H41FN6O3/c1-4-41-30(3)17-38(18-30)28-24-16-42-32(10-8-20(2)22-6-7-25(35)23(14-34)27(22)32)13-26(24)36-29(37-28)40-19-31-9-5-11-39(31)15-21(33)12-31/h6-7,20-21H,4-5,8-13,15-19,35H2,1-3H3. The summed E-state index contributed by atoms with van der Waals surface area (Å²) in [7, 11) is 0. The highest BCUT2D eigenvalue weighted by molar-refractivity contribution is 5.64. The Balaban J connectivity index is 1.26. The molecule has 2 aromatic rings. The summed E-state index contributed by atoms with van der Waals surface area (Å²) in [6, 6.07) is 6.59. The summed E-state index contributed by atoms with van der Waals surface area (Å²) >= 11 is 0. The predicted molar refractivity (Wildman–Crippen MR) is 156 cm³/mol. The number of fused-ring (bicyclic) bond motifs is 4. The molecule has 42 heavy (non-hydrogen) atoms. The minimum atomic E-state index is -0.821. The van der Waals surface area contributed by atoms with Crippen molar-refractivity contribution in [3.63, 3.8) is 0 Å². The first kappa shape index (κ1) is 27.8. The normalized spacial score (nSPS) is 31.3. The molecule has 7 rings (SSSR count). The lowest BCUT2D eigenvalue weighted by Gasteiger charge is -2.49. The number of benzene rings is 1. The van der Waals surface area contributed by atoms with Crippen LogP contribution in [-0.2, 0) is 28.1 Å². The summed E-state index contributed by atoms with van der Waals surface area (Å²) in [5.41, 5.74) is 9.97. The molecule has 0 bridgehead atoms. The molecule has 1 aromatic heterocycles. The quantitative estimate of drug-likeness (QED) is 0.502. The van der Waals surface area contributed by atoms with Crippen LogP contribution in [0.2, 0.25) is 0 Å². The lowest BCUT2D eigenvalue weighted by atomic mass is 9.69. The molecule has 9 nitrogen and oxygen atoms in total. The highest BCUT2D eigenvalue weighted by Gasteiger charge is 2.50. The van der Waals surface area contributed by atoms with Crippen molar-refractivity contribution in [2.75, 3.05) is 50.0 Å². The van der Waals surface area contributed by atoms with Crippen molar-refractivity contribution in [3.8, 4) is 12.1 Å². The number of rotatable bonds is 6. The van der Waals surface area contributed by atoms with Gasteiger partial charge >= 0.3 is 6.01 Å². The monoisotopic (exact) mass is 576 g/mol. The van der Waals surface area contributed by atoms with E-state index in [0.717, 1.165) is 60.4 Å². The van der Waals surface area contributed by atoms with Crippen LogP contribution < -0.4 is 15.4 Å². The molecule has 1 aliphatic carbocycles. The number of nitriles is 1. The molecule has 4 aliphatic heterocycles. The molecule has 0 radical (unpaired) electrons. The predicted octanol–water partition coefficient (Wildman–Crippen LogP) is 4.37. The van der Waals surface area contributed by atoms with Crippen LogP contribution in [0.3, 0.4) is 0 Å². The maximum atomic E-state index is 14.4. The van der Waals surface area contributed by atoms with Gasteiger partial charge in [0.2, 0.25) is 0 Å². The molecule has 3 saturated heterocycles. The molecule has 0 saturated carbocycles. The molecule has 5 aliphatic rings. The molecule has 10 heteroatoms. The van der Waals surface area contributed by atoms with Gasteiger partial charge in [-0.15, -0.1) is 0 Å². The lowest BCUT2D eigenvalue weighted by Crippen LogP contribution is -2.62. The molecule has 5 heterocycles. The van der Waals surface area contributed by atoms with Crippen LogP contribution in [0.1, 0.15) is 86.7 Å². The number of alkyl halides is 1. The van der Waals surface area contributed by atoms with E-state index in [4.69, 9.17) is 29.9 Å². The molecule has 3 fully saturated rings. The first-order chi connectivity index (χ1) is 20.2. The Kier molecular flexibility index (Phi) is 6.64. The van der Waals surface area contributed by atoms with Crippen molar-refractivity contribution in [2.45, 2.75) is 94.7 Å². The highest BCUT2D eigenvalue weighted by Crippen LogP contribution is 2.51. The topological polar surface area (TPSA) is 110 Å². The minimum absolute atomic E-state index is 0.231. The average molecular weight is 577 g/mol. The van der Waals surface area contributed by atoms with Gasteiger partial charge < -0.3 is 24.8 Å². The van der Waals surface area contributed by atoms with Crippen molar-refractivity contribution in [1.29, 1.82) is 5.26 Å². The summed E-state index contributed by atoms with van der Waals surface area (Å²) in [5, 5.41) is 10.1. The number of aromatic nitrogens is 2. The van der Waals surface area contributed by atoms with Crippen molar-refractivity contribution in [1.82, 2.24) is 14.9 Å². The van der Waals surface area contributed by atoms with Crippen LogP contribution in [0, 0.1) is 11.3 Å². The number of hydrogen-bond acceptors (Lipinski definition) is 9. The summed E-state index contributed by atoms with van der Waals surface area (Å²) in [4.78, 5) is 14.4. The molecule has 1 spiro atoms. The van der Waals surface area contributed by atoms with Crippen molar-refractivity contribution in [2.24, 2.45) is 0 Å². The fraction of sp³-hybridized carbons (Fsp3) is 0.656. The molecule has 4 unspecified atom stereocenters. The van der Waals surface area contributed by atoms with E-state index in [9.17, 15) is 9.65 Å². The highest BCUT2D eigenvalue weighted by atomic mass is 19.1. The zero-order valence-corrected chi connectivity index (χ0v) is 24.9. The van der Waals surface area contributed by atoms with E-state index in [2.05, 4.69) is 35.8 Å². The van der Waals surface area contributed by atoms with E-state index in [0.29, 0.717) is 75.5 Å². The number of halogens is 1. The van der Waals surface area contributed by atoms with Gasteiger partial charge in [-0.2, -0.15) is 15.2 Å². The second kappa shape index (κ2) is 10.0. The molecule has 2 N–H and O–H groups in total. The number of nitrogens with two attached hydrogens (primary N) is 1. The maximum absolute atomic E-state index is 14.4. The Hall–Kier alpha value is -3.00. The Bertz CT molecular complexity index is 1440. The van der Waals surface area contributed by atoms with Crippen molar-refractivity contribution < 1.29 is 18.6 Å². The fourth-order valence-electron chi connectivity index (χ4n) is 8.35. The van der Waals surface area contributed by atoms with Crippen LogP contribution in [0.5, 0.6) is 6.01 Å². The third-order valence-corrected chi connectivity index (χ3v) is 10.4. The van der Waals surface area contributed by atoms with Gasteiger partial charge in [-0.1, -0.05) is 13.0 Å². The smallest absolute Gasteiger partial charge is 0.318 e. The van der Waals surface area contributed by atoms with Crippen LogP contribution in [0.15, 0.2) is 12.1 Å². The summed E-state index contributed by atoms with van der Waals surface area (Å²) in [6.07, 6.45) is 3.88. The van der Waals surface area contributed by atoms with Crippen LogP contribution >= 0.6 is 0 Å². The van der Waals surface area contributed by atoms with Crippen LogP contribution in [0.25, 0.3) is 0 Å². The van der Waals surface area contributed by atoms with Gasteiger partial charge in [-0.3, -0.25) is 4.90 Å². The van der Waals surface area contributed by atoms with Crippen LogP contribution in [-0.4, -0.2) is 71.6 Å². The SMILES string of the molecule is CCOC1(C)CN(c2nc(OCC34CCCN3CC(F)C4)nc3c2COC2(CCC(C)c4ccc(N)c(C#N)c42)C3)C1. The number of hydrogen-bond donors (Lipinski definition) is 1. The molecular weight excluding hydrogens is 535 g/mol. The number of ether oxygens (including phenoxy) is 3. The molecule has 224 valence electrons. The van der Waals surface area contributed by atoms with Gasteiger partial charge in [0, 0.05) is 55.9 Å². The van der Waals surface area contributed by atoms with E-state index in [1.165, 1.54) is 0 Å². The van der Waals surface area contributed by atoms with Crippen molar-refractivity contribution >= 4 is 11.5 Å². The van der Waals surface area contributed by atoms with Gasteiger partial charge in [-0.05, 0) is 63.6 Å². The number of nitrogen functional groups attached to an aromatic ring is 1. The Morgan fingerprint density at radius 1 is 1.26 bits per heavy atom. The maximum Gasteiger partial charge on any atom is 0.318 e. The number of anilines is 2. The van der Waals surface area contributed by atoms with E-state index < -0.39 is 11.8 Å². The first-order valence-electron chi connectivity index (χ1n) is 15.5. The molecule has 1 aromatic carbocycles. The Morgan fingerprint density at radius 2 is 2.10 bits per heavy atom. The molecular formula is C32H41FN6O3. The van der Waals surface area contributed by atoms with E-state index in [1.54, 1.807) is 0 Å². The largest absolute Gasteiger partial charge is 0.461 e. The number of nitrogens with zero attached hydrogens (tertiary/aromatic N) is 5. The van der Waals surface area contributed by atoms with Gasteiger partial charge in [0.1, 0.15) is 35.9 Å². The zero-order chi connectivity index (χ0) is 29.3. The minimum Gasteiger partial charge on any atom is -0.461 e. The Morgan fingerprint density at radius 3 is 2.88 bits per heavy atom. The lowest BCUT2D eigenvalue weighted by molar-refractivity contribution is -0.0878. The third kappa shape index (κ3) is 4.35. The summed E-state index contributed by atoms with van der Waals surface area (Å²) in [5.74, 6) is 1.12. The second-order valence-corrected chi connectivity index (χ2v) is 13.4. The fourth-order valence-corrected chi connectivity index (χ4v) is 8.35. The second-order valence-electron chi connectivity index (χ2n) is 13.4. The average Bonchev–Trinajstić information content (AvgIpc) is 3.48. The first-order valence-corrected chi connectivity index (χ1v) is 15.5. The van der Waals surface area contributed by atoms with E-state index >= 15 is 0 Å². The van der Waals surface area contributed by atoms with Crippen molar-refractivity contribution in [3.05, 3.63) is 40.1 Å². The third-order valence-electron chi connectivity index (χ3n) is 10.4. The zero-order valence-electron chi connectivity index (χ0n) is 24.9. The summed E-state index contributed by atoms with van der Waals surface area (Å²) < 4.78 is 33.6. The van der Waals surface area contributed by atoms with Gasteiger partial charge in [-0.25, -0.2) is 4.39 Å². The van der Waals surface area contributed by atoms with Gasteiger partial charge in [0.25, 0.3) is 0 Å².